The van der Waals surface area contributed by atoms with Gasteiger partial charge >= 0.3 is 0 Å². The molecule has 1 heterocycles. The molecule has 0 aliphatic carbocycles. The molecule has 0 fully saturated rings. The molecule has 102 valence electrons. The van der Waals surface area contributed by atoms with Crippen molar-refractivity contribution in [3.8, 4) is 0 Å². The van der Waals surface area contributed by atoms with E-state index in [-0.39, 0.29) is 0 Å². The topological polar surface area (TPSA) is 42.7 Å². The zero-order valence-corrected chi connectivity index (χ0v) is 12.2. The highest BCUT2D eigenvalue weighted by molar-refractivity contribution is 6.33. The van der Waals surface area contributed by atoms with E-state index in [1.54, 1.807) is 23.1 Å². The quantitative estimate of drug-likeness (QED) is 0.833. The van der Waals surface area contributed by atoms with Gasteiger partial charge in [0.15, 0.2) is 5.82 Å². The number of nitrogens with one attached hydrogen (secondary N) is 1. The van der Waals surface area contributed by atoms with E-state index in [1.807, 2.05) is 6.07 Å². The van der Waals surface area contributed by atoms with E-state index in [4.69, 9.17) is 23.2 Å². The lowest BCUT2D eigenvalue weighted by atomic mass is 10.2. The van der Waals surface area contributed by atoms with Crippen LogP contribution in [0.15, 0.2) is 24.5 Å². The predicted octanol–water partition coefficient (Wildman–Crippen LogP) is 3.13. The standard InChI is InChI=1S/C13H16Cl2N4/c1-2-5-16-7-13-17-9-19(18-13)8-10-6-11(14)3-4-12(10)15/h3-4,6,9,16H,2,5,7-8H2,1H3. The summed E-state index contributed by atoms with van der Waals surface area (Å²) in [5.74, 6) is 0.784. The molecule has 0 atom stereocenters. The van der Waals surface area contributed by atoms with Gasteiger partial charge in [-0.3, -0.25) is 0 Å². The molecule has 0 unspecified atom stereocenters. The summed E-state index contributed by atoms with van der Waals surface area (Å²) in [5.41, 5.74) is 0.937. The highest BCUT2D eigenvalue weighted by atomic mass is 35.5. The van der Waals surface area contributed by atoms with Gasteiger partial charge in [0.1, 0.15) is 6.33 Å². The molecule has 1 N–H and O–H groups in total. The minimum absolute atomic E-state index is 0.570. The second-order valence-electron chi connectivity index (χ2n) is 4.27. The monoisotopic (exact) mass is 298 g/mol. The van der Waals surface area contributed by atoms with Crippen LogP contribution in [0.25, 0.3) is 0 Å². The normalized spacial score (nSPS) is 10.9. The molecule has 1 aromatic carbocycles. The Hall–Kier alpha value is -1.10. The fourth-order valence-electron chi connectivity index (χ4n) is 1.71. The Balaban J connectivity index is 2.01. The Labute approximate surface area is 122 Å². The van der Waals surface area contributed by atoms with Gasteiger partial charge < -0.3 is 5.32 Å². The minimum atomic E-state index is 0.570. The van der Waals surface area contributed by atoms with Gasteiger partial charge in [-0.2, -0.15) is 5.10 Å². The van der Waals surface area contributed by atoms with Crippen LogP contribution in [-0.2, 0) is 13.1 Å². The summed E-state index contributed by atoms with van der Waals surface area (Å²) in [6, 6.07) is 5.41. The van der Waals surface area contributed by atoms with Crippen molar-refractivity contribution in [3.05, 3.63) is 46.0 Å². The Bertz CT molecular complexity index is 539. The van der Waals surface area contributed by atoms with Crippen molar-refractivity contribution < 1.29 is 0 Å². The fourth-order valence-corrected chi connectivity index (χ4v) is 2.08. The van der Waals surface area contributed by atoms with E-state index < -0.39 is 0 Å². The van der Waals surface area contributed by atoms with Crippen LogP contribution < -0.4 is 5.32 Å². The van der Waals surface area contributed by atoms with Crippen LogP contribution in [-0.4, -0.2) is 21.3 Å². The predicted molar refractivity (Wildman–Crippen MR) is 77.6 cm³/mol. The lowest BCUT2D eigenvalue weighted by Gasteiger charge is -2.04. The van der Waals surface area contributed by atoms with E-state index in [2.05, 4.69) is 22.3 Å². The van der Waals surface area contributed by atoms with Gasteiger partial charge in [-0.15, -0.1) is 0 Å². The van der Waals surface area contributed by atoms with Crippen molar-refractivity contribution in [2.45, 2.75) is 26.4 Å². The summed E-state index contributed by atoms with van der Waals surface area (Å²) in [5, 5.41) is 9.01. The van der Waals surface area contributed by atoms with Crippen molar-refractivity contribution in [1.82, 2.24) is 20.1 Å². The van der Waals surface area contributed by atoms with Crippen molar-refractivity contribution >= 4 is 23.2 Å². The van der Waals surface area contributed by atoms with E-state index >= 15 is 0 Å². The smallest absolute Gasteiger partial charge is 0.164 e. The molecule has 6 heteroatoms. The Kier molecular flexibility index (Phi) is 5.19. The third-order valence-corrected chi connectivity index (χ3v) is 3.24. The molecule has 4 nitrogen and oxygen atoms in total. The van der Waals surface area contributed by atoms with Gasteiger partial charge in [0.2, 0.25) is 0 Å². The van der Waals surface area contributed by atoms with Crippen LogP contribution in [0.3, 0.4) is 0 Å². The maximum Gasteiger partial charge on any atom is 0.164 e. The first-order chi connectivity index (χ1) is 9.19. The summed E-state index contributed by atoms with van der Waals surface area (Å²) < 4.78 is 1.76. The van der Waals surface area contributed by atoms with Gasteiger partial charge in [-0.1, -0.05) is 30.1 Å². The molecular formula is C13H16Cl2N4. The molecule has 0 radical (unpaired) electrons. The van der Waals surface area contributed by atoms with E-state index in [0.717, 1.165) is 24.4 Å². The molecule has 1 aromatic heterocycles. The molecule has 0 aliphatic rings. The van der Waals surface area contributed by atoms with Gasteiger partial charge in [0, 0.05) is 10.0 Å². The van der Waals surface area contributed by atoms with Crippen molar-refractivity contribution in [2.75, 3.05) is 6.54 Å². The Morgan fingerprint density at radius 3 is 2.95 bits per heavy atom. The Morgan fingerprint density at radius 1 is 1.32 bits per heavy atom. The van der Waals surface area contributed by atoms with Crippen LogP contribution in [0, 0.1) is 0 Å². The SMILES string of the molecule is CCCNCc1ncn(Cc2cc(Cl)ccc2Cl)n1. The second-order valence-corrected chi connectivity index (χ2v) is 5.11. The zero-order valence-electron chi connectivity index (χ0n) is 10.7. The molecule has 0 saturated heterocycles. The molecule has 0 amide bonds. The maximum atomic E-state index is 6.12. The fraction of sp³-hybridized carbons (Fsp3) is 0.385. The third kappa shape index (κ3) is 4.20. The van der Waals surface area contributed by atoms with Gasteiger partial charge in [-0.05, 0) is 36.7 Å². The van der Waals surface area contributed by atoms with Gasteiger partial charge in [-0.25, -0.2) is 9.67 Å². The lowest BCUT2D eigenvalue weighted by molar-refractivity contribution is 0.625. The number of aromatic nitrogens is 3. The molecule has 0 aliphatic heterocycles. The number of hydrogen-bond acceptors (Lipinski definition) is 3. The zero-order chi connectivity index (χ0) is 13.7. The molecule has 0 spiro atoms. The first-order valence-corrected chi connectivity index (χ1v) is 6.97. The lowest BCUT2D eigenvalue weighted by Crippen LogP contribution is -2.15. The molecule has 19 heavy (non-hydrogen) atoms. The first kappa shape index (κ1) is 14.3. The number of hydrogen-bond donors (Lipinski definition) is 1. The maximum absolute atomic E-state index is 6.12. The van der Waals surface area contributed by atoms with Crippen molar-refractivity contribution in [2.24, 2.45) is 0 Å². The van der Waals surface area contributed by atoms with Crippen LogP contribution in [0.4, 0.5) is 0 Å². The number of halogens is 2. The summed E-state index contributed by atoms with van der Waals surface area (Å²) >= 11 is 12.1. The van der Waals surface area contributed by atoms with Crippen LogP contribution in [0.5, 0.6) is 0 Å². The summed E-state index contributed by atoms with van der Waals surface area (Å²) in [6.45, 7) is 4.35. The molecular weight excluding hydrogens is 283 g/mol. The molecule has 2 rings (SSSR count). The average molecular weight is 299 g/mol. The van der Waals surface area contributed by atoms with Gasteiger partial charge in [0.25, 0.3) is 0 Å². The number of nitrogens with zero attached hydrogens (tertiary/aromatic N) is 3. The van der Waals surface area contributed by atoms with Crippen LogP contribution >= 0.6 is 23.2 Å². The highest BCUT2D eigenvalue weighted by Crippen LogP contribution is 2.21. The van der Waals surface area contributed by atoms with Crippen LogP contribution in [0.1, 0.15) is 24.7 Å². The van der Waals surface area contributed by atoms with E-state index in [0.29, 0.717) is 23.1 Å². The Morgan fingerprint density at radius 2 is 2.16 bits per heavy atom. The number of benzene rings is 1. The molecule has 2 aromatic rings. The largest absolute Gasteiger partial charge is 0.310 e. The minimum Gasteiger partial charge on any atom is -0.310 e. The molecule has 0 saturated carbocycles. The average Bonchev–Trinajstić information content (AvgIpc) is 2.82. The van der Waals surface area contributed by atoms with E-state index in [1.165, 1.54) is 0 Å². The third-order valence-electron chi connectivity index (χ3n) is 2.63. The summed E-state index contributed by atoms with van der Waals surface area (Å²) in [6.07, 6.45) is 2.80. The van der Waals surface area contributed by atoms with E-state index in [9.17, 15) is 0 Å². The van der Waals surface area contributed by atoms with Crippen LogP contribution in [0.2, 0.25) is 10.0 Å². The summed E-state index contributed by atoms with van der Waals surface area (Å²) in [7, 11) is 0. The highest BCUT2D eigenvalue weighted by Gasteiger charge is 2.05. The number of rotatable bonds is 6. The second kappa shape index (κ2) is 6.89. The van der Waals surface area contributed by atoms with Gasteiger partial charge in [0.05, 0.1) is 13.1 Å². The first-order valence-electron chi connectivity index (χ1n) is 6.22. The summed E-state index contributed by atoms with van der Waals surface area (Å²) in [4.78, 5) is 4.25. The van der Waals surface area contributed by atoms with Crippen molar-refractivity contribution in [3.63, 3.8) is 0 Å². The molecule has 0 bridgehead atoms. The van der Waals surface area contributed by atoms with Crippen molar-refractivity contribution in [1.29, 1.82) is 0 Å².